The lowest BCUT2D eigenvalue weighted by Crippen LogP contribution is -2.54. The normalized spacial score (nSPS) is 17.1. The van der Waals surface area contributed by atoms with Gasteiger partial charge in [0.15, 0.2) is 0 Å². The Morgan fingerprint density at radius 3 is 2.44 bits per heavy atom. The molecule has 2 aromatic carbocycles. The van der Waals surface area contributed by atoms with E-state index in [0.29, 0.717) is 31.1 Å². The van der Waals surface area contributed by atoms with E-state index in [-0.39, 0.29) is 29.8 Å². The van der Waals surface area contributed by atoms with Crippen LogP contribution in [-0.2, 0) is 33.6 Å². The molecule has 1 unspecified atom stereocenters. The van der Waals surface area contributed by atoms with E-state index in [9.17, 15) is 24.0 Å². The number of nitrogens with one attached hydrogen (secondary N) is 3. The minimum atomic E-state index is -1.00. The predicted octanol–water partition coefficient (Wildman–Crippen LogP) is 7.32. The van der Waals surface area contributed by atoms with Crippen LogP contribution in [0, 0.1) is 13.8 Å². The average molecular weight is 798 g/mol. The number of unbranched alkanes of at least 4 members (excludes halogenated alkanes) is 2. The standard InChI is InChI=1S/C46H51N7O6/c1-28-41(29(2)59-51-28)32-23-25-52-39(27-32)49-37(43(52)48-33-10-5-3-6-11-33)20-19-30-15-17-31(18-16-30)26-34(54)12-7-4-8-24-47-36-14-9-13-35-42(36)46(58)53(45(35)57)38-21-22-40(55)50-44(38)56/h9,13-18,23,25,27,33,38,47-48H,3-8,10-12,19-22,24,26H2,1-2H3,(H,50,55,56). The monoisotopic (exact) mass is 797 g/mol. The Morgan fingerprint density at radius 1 is 0.881 bits per heavy atom. The number of rotatable bonds is 16. The summed E-state index contributed by atoms with van der Waals surface area (Å²) < 4.78 is 7.62. The van der Waals surface area contributed by atoms with Crippen molar-refractivity contribution in [3.05, 3.63) is 100 Å². The molecule has 8 rings (SSSR count). The summed E-state index contributed by atoms with van der Waals surface area (Å²) in [4.78, 5) is 69.5. The molecular weight excluding hydrogens is 747 g/mol. The molecule has 13 heteroatoms. The molecule has 2 aliphatic heterocycles. The summed E-state index contributed by atoms with van der Waals surface area (Å²) in [5.74, 6) is -0.0328. The van der Waals surface area contributed by atoms with Gasteiger partial charge < -0.3 is 15.2 Å². The maximum absolute atomic E-state index is 13.3. The highest BCUT2D eigenvalue weighted by Crippen LogP contribution is 2.34. The zero-order valence-electron chi connectivity index (χ0n) is 33.8. The summed E-state index contributed by atoms with van der Waals surface area (Å²) in [6.45, 7) is 4.46. The Labute approximate surface area is 343 Å². The summed E-state index contributed by atoms with van der Waals surface area (Å²) >= 11 is 0. The van der Waals surface area contributed by atoms with E-state index in [1.165, 1.54) is 37.7 Å². The molecule has 1 atom stereocenters. The molecule has 5 heterocycles. The van der Waals surface area contributed by atoms with Gasteiger partial charge in [0, 0.05) is 49.3 Å². The molecule has 1 saturated carbocycles. The molecule has 3 aromatic heterocycles. The molecule has 3 N–H and O–H groups in total. The highest BCUT2D eigenvalue weighted by atomic mass is 16.5. The first-order chi connectivity index (χ1) is 28.6. The molecule has 13 nitrogen and oxygen atoms in total. The zero-order chi connectivity index (χ0) is 41.0. The summed E-state index contributed by atoms with van der Waals surface area (Å²) in [6.07, 6.45) is 13.2. The third-order valence-electron chi connectivity index (χ3n) is 12.0. The molecule has 306 valence electrons. The third-order valence-corrected chi connectivity index (χ3v) is 12.0. The van der Waals surface area contributed by atoms with E-state index in [4.69, 9.17) is 9.51 Å². The number of aromatic nitrogens is 3. The number of benzene rings is 2. The van der Waals surface area contributed by atoms with Gasteiger partial charge in [0.25, 0.3) is 11.8 Å². The topological polar surface area (TPSA) is 168 Å². The first-order valence-electron chi connectivity index (χ1n) is 21.0. The smallest absolute Gasteiger partial charge is 0.264 e. The SMILES string of the molecule is Cc1noc(C)c1-c1ccn2c(NC3CCCCC3)c(CCc3ccc(CC(=O)CCCCCNc4cccc5c4C(=O)N(C4CCC(=O)NC4=O)C5=O)cc3)nc2c1. The Balaban J connectivity index is 0.810. The van der Waals surface area contributed by atoms with Crippen LogP contribution in [0.4, 0.5) is 11.5 Å². The maximum Gasteiger partial charge on any atom is 0.264 e. The van der Waals surface area contributed by atoms with E-state index >= 15 is 0 Å². The Kier molecular flexibility index (Phi) is 11.7. The maximum atomic E-state index is 13.3. The fourth-order valence-electron chi connectivity index (χ4n) is 8.82. The van der Waals surface area contributed by atoms with Crippen LogP contribution in [0.15, 0.2) is 65.3 Å². The number of imidazole rings is 1. The minimum Gasteiger partial charge on any atom is -0.384 e. The molecule has 1 saturated heterocycles. The summed E-state index contributed by atoms with van der Waals surface area (Å²) in [7, 11) is 0. The number of pyridine rings is 1. The van der Waals surface area contributed by atoms with Crippen LogP contribution in [0.3, 0.4) is 0 Å². The van der Waals surface area contributed by atoms with Gasteiger partial charge in [-0.1, -0.05) is 61.2 Å². The van der Waals surface area contributed by atoms with Gasteiger partial charge >= 0.3 is 0 Å². The molecule has 1 aliphatic carbocycles. The number of carbonyl (C=O) groups excluding carboxylic acids is 5. The van der Waals surface area contributed by atoms with Crippen molar-refractivity contribution in [3.63, 3.8) is 0 Å². The fraction of sp³-hybridized carbons (Fsp3) is 0.413. The van der Waals surface area contributed by atoms with Crippen molar-refractivity contribution < 1.29 is 28.5 Å². The van der Waals surface area contributed by atoms with E-state index < -0.39 is 29.7 Å². The molecule has 59 heavy (non-hydrogen) atoms. The van der Waals surface area contributed by atoms with Gasteiger partial charge in [-0.25, -0.2) is 4.98 Å². The van der Waals surface area contributed by atoms with Crippen LogP contribution in [0.5, 0.6) is 0 Å². The Bertz CT molecular complexity index is 2390. The number of amides is 4. The van der Waals surface area contributed by atoms with Crippen molar-refractivity contribution in [1.82, 2.24) is 24.8 Å². The average Bonchev–Trinajstić information content (AvgIpc) is 3.84. The molecule has 4 amide bonds. The lowest BCUT2D eigenvalue weighted by molar-refractivity contribution is -0.136. The number of hydrogen-bond donors (Lipinski definition) is 3. The Morgan fingerprint density at radius 2 is 1.68 bits per heavy atom. The van der Waals surface area contributed by atoms with Crippen molar-refractivity contribution in [1.29, 1.82) is 0 Å². The van der Waals surface area contributed by atoms with Crippen LogP contribution in [0.25, 0.3) is 16.8 Å². The van der Waals surface area contributed by atoms with E-state index in [2.05, 4.69) is 68.1 Å². The van der Waals surface area contributed by atoms with Gasteiger partial charge in [-0.15, -0.1) is 0 Å². The highest BCUT2D eigenvalue weighted by Gasteiger charge is 2.45. The van der Waals surface area contributed by atoms with Gasteiger partial charge in [-0.05, 0) is 99.7 Å². The van der Waals surface area contributed by atoms with Crippen molar-refractivity contribution in [2.24, 2.45) is 0 Å². The number of carbonyl (C=O) groups is 5. The van der Waals surface area contributed by atoms with Crippen LogP contribution in [0.1, 0.15) is 120 Å². The molecule has 2 fully saturated rings. The molecule has 5 aromatic rings. The second-order valence-corrected chi connectivity index (χ2v) is 16.2. The van der Waals surface area contributed by atoms with E-state index in [1.54, 1.807) is 18.2 Å². The number of anilines is 2. The van der Waals surface area contributed by atoms with E-state index in [1.807, 2.05) is 13.8 Å². The lowest BCUT2D eigenvalue weighted by Gasteiger charge is -2.27. The quantitative estimate of drug-likeness (QED) is 0.0680. The highest BCUT2D eigenvalue weighted by molar-refractivity contribution is 6.25. The van der Waals surface area contributed by atoms with E-state index in [0.717, 1.165) is 82.3 Å². The summed E-state index contributed by atoms with van der Waals surface area (Å²) in [6, 6.07) is 17.1. The van der Waals surface area contributed by atoms with Crippen LogP contribution >= 0.6 is 0 Å². The predicted molar refractivity (Wildman–Crippen MR) is 223 cm³/mol. The number of imide groups is 2. The number of nitrogens with zero attached hydrogens (tertiary/aromatic N) is 4. The van der Waals surface area contributed by atoms with Gasteiger partial charge in [-0.2, -0.15) is 0 Å². The Hall–Kier alpha value is -6.11. The summed E-state index contributed by atoms with van der Waals surface area (Å²) in [5.41, 5.74) is 8.10. The number of fused-ring (bicyclic) bond motifs is 2. The molecule has 0 bridgehead atoms. The molecule has 0 radical (unpaired) electrons. The number of aryl methyl sites for hydroxylation is 4. The first-order valence-corrected chi connectivity index (χ1v) is 21.0. The van der Waals surface area contributed by atoms with Gasteiger partial charge in [0.05, 0.1) is 22.5 Å². The number of ketones is 1. The van der Waals surface area contributed by atoms with Crippen molar-refractivity contribution >= 4 is 46.6 Å². The second kappa shape index (κ2) is 17.4. The fourth-order valence-corrected chi connectivity index (χ4v) is 8.82. The lowest BCUT2D eigenvalue weighted by atomic mass is 9.95. The first kappa shape index (κ1) is 39.7. The number of hydrogen-bond acceptors (Lipinski definition) is 10. The molecule has 0 spiro atoms. The van der Waals surface area contributed by atoms with Crippen molar-refractivity contribution in [2.45, 2.75) is 116 Å². The largest absolute Gasteiger partial charge is 0.384 e. The van der Waals surface area contributed by atoms with Crippen LogP contribution < -0.4 is 16.0 Å². The van der Waals surface area contributed by atoms with Gasteiger partial charge in [-0.3, -0.25) is 38.6 Å². The van der Waals surface area contributed by atoms with Gasteiger partial charge in [0.2, 0.25) is 11.8 Å². The zero-order valence-corrected chi connectivity index (χ0v) is 33.8. The number of piperidine rings is 1. The minimum absolute atomic E-state index is 0.0723. The number of Topliss-reactive ketones (excluding diaryl/α,β-unsaturated/α-hetero) is 1. The van der Waals surface area contributed by atoms with Gasteiger partial charge in [0.1, 0.15) is 29.1 Å². The molecular formula is C46H51N7O6. The van der Waals surface area contributed by atoms with Crippen molar-refractivity contribution in [3.8, 4) is 11.1 Å². The van der Waals surface area contributed by atoms with Crippen LogP contribution in [0.2, 0.25) is 0 Å². The molecule has 3 aliphatic rings. The third kappa shape index (κ3) is 8.55. The summed E-state index contributed by atoms with van der Waals surface area (Å²) in [5, 5.41) is 13.5. The second-order valence-electron chi connectivity index (χ2n) is 16.2. The van der Waals surface area contributed by atoms with Crippen molar-refractivity contribution in [2.75, 3.05) is 17.2 Å². The van der Waals surface area contributed by atoms with Crippen LogP contribution in [-0.4, -0.2) is 67.5 Å².